The second kappa shape index (κ2) is 5.38. The van der Waals surface area contributed by atoms with Gasteiger partial charge in [0.15, 0.2) is 0 Å². The number of halogens is 3. The van der Waals surface area contributed by atoms with Gasteiger partial charge in [0.05, 0.1) is 11.8 Å². The molecule has 2 aliphatic rings. The molecule has 0 saturated carbocycles. The highest BCUT2D eigenvalue weighted by molar-refractivity contribution is 5.83. The average molecular weight is 278 g/mol. The Morgan fingerprint density at radius 3 is 2.63 bits per heavy atom. The lowest BCUT2D eigenvalue weighted by Crippen LogP contribution is -2.50. The molecule has 7 heteroatoms. The molecule has 0 radical (unpaired) electrons. The summed E-state index contributed by atoms with van der Waals surface area (Å²) in [5, 5.41) is 2.58. The summed E-state index contributed by atoms with van der Waals surface area (Å²) in [5.41, 5.74) is 0. The predicted octanol–water partition coefficient (Wildman–Crippen LogP) is 1.31. The first-order valence-electron chi connectivity index (χ1n) is 6.50. The van der Waals surface area contributed by atoms with E-state index in [1.165, 1.54) is 4.90 Å². The third-order valence-corrected chi connectivity index (χ3v) is 3.81. The van der Waals surface area contributed by atoms with Crippen LogP contribution < -0.4 is 5.32 Å². The standard InChI is InChI=1S/C12H17F3N2O2/c13-12(14,15)9-2-1-5-17(7-9)11(19)8-3-4-10(18)16-6-8/h8-9H,1-7H2,(H,16,18)/t8-,9+/m0/s1. The lowest BCUT2D eigenvalue weighted by Gasteiger charge is -2.36. The lowest BCUT2D eigenvalue weighted by atomic mass is 9.93. The number of likely N-dealkylation sites (tertiary alicyclic amines) is 1. The second-order valence-electron chi connectivity index (χ2n) is 5.20. The summed E-state index contributed by atoms with van der Waals surface area (Å²) in [5.74, 6) is -2.14. The topological polar surface area (TPSA) is 49.4 Å². The van der Waals surface area contributed by atoms with Gasteiger partial charge in [0, 0.05) is 26.1 Å². The summed E-state index contributed by atoms with van der Waals surface area (Å²) >= 11 is 0. The lowest BCUT2D eigenvalue weighted by molar-refractivity contribution is -0.188. The number of piperidine rings is 2. The van der Waals surface area contributed by atoms with Crippen molar-refractivity contribution in [1.82, 2.24) is 10.2 Å². The van der Waals surface area contributed by atoms with Crippen molar-refractivity contribution >= 4 is 11.8 Å². The maximum Gasteiger partial charge on any atom is 0.393 e. The highest BCUT2D eigenvalue weighted by atomic mass is 19.4. The Balaban J connectivity index is 1.93. The summed E-state index contributed by atoms with van der Waals surface area (Å²) in [4.78, 5) is 24.5. The SMILES string of the molecule is O=C1CC[C@H](C(=O)N2CCC[C@@H](C(F)(F)F)C2)CN1. The zero-order chi connectivity index (χ0) is 14.0. The van der Waals surface area contributed by atoms with Gasteiger partial charge in [-0.25, -0.2) is 0 Å². The largest absolute Gasteiger partial charge is 0.393 e. The third kappa shape index (κ3) is 3.39. The Hall–Kier alpha value is -1.27. The van der Waals surface area contributed by atoms with Gasteiger partial charge in [-0.2, -0.15) is 13.2 Å². The van der Waals surface area contributed by atoms with E-state index in [1.54, 1.807) is 0 Å². The molecule has 19 heavy (non-hydrogen) atoms. The molecular weight excluding hydrogens is 261 g/mol. The molecule has 2 rings (SSSR count). The van der Waals surface area contributed by atoms with Crippen LogP contribution in [0.15, 0.2) is 0 Å². The summed E-state index contributed by atoms with van der Waals surface area (Å²) < 4.78 is 38.0. The smallest absolute Gasteiger partial charge is 0.355 e. The van der Waals surface area contributed by atoms with Gasteiger partial charge in [-0.1, -0.05) is 0 Å². The minimum absolute atomic E-state index is 0.0919. The van der Waals surface area contributed by atoms with E-state index < -0.39 is 12.1 Å². The van der Waals surface area contributed by atoms with E-state index >= 15 is 0 Å². The molecule has 2 heterocycles. The Labute approximate surface area is 109 Å². The molecule has 2 aliphatic heterocycles. The summed E-state index contributed by atoms with van der Waals surface area (Å²) in [6.45, 7) is 0.382. The van der Waals surface area contributed by atoms with E-state index in [0.29, 0.717) is 19.4 Å². The zero-order valence-electron chi connectivity index (χ0n) is 10.5. The average Bonchev–Trinajstić information content (AvgIpc) is 2.38. The van der Waals surface area contributed by atoms with Crippen molar-refractivity contribution in [2.75, 3.05) is 19.6 Å². The van der Waals surface area contributed by atoms with Crippen LogP contribution in [-0.4, -0.2) is 42.5 Å². The Morgan fingerprint density at radius 2 is 2.05 bits per heavy atom. The van der Waals surface area contributed by atoms with Crippen molar-refractivity contribution in [3.63, 3.8) is 0 Å². The normalized spacial score (nSPS) is 29.0. The van der Waals surface area contributed by atoms with Crippen LogP contribution in [0.3, 0.4) is 0 Å². The van der Waals surface area contributed by atoms with Gasteiger partial charge >= 0.3 is 6.18 Å². The minimum Gasteiger partial charge on any atom is -0.355 e. The first-order valence-corrected chi connectivity index (χ1v) is 6.50. The molecule has 2 amide bonds. The fraction of sp³-hybridized carbons (Fsp3) is 0.833. The number of amides is 2. The van der Waals surface area contributed by atoms with Gasteiger partial charge in [0.1, 0.15) is 0 Å². The van der Waals surface area contributed by atoms with Gasteiger partial charge in [-0.05, 0) is 19.3 Å². The highest BCUT2D eigenvalue weighted by Gasteiger charge is 2.43. The van der Waals surface area contributed by atoms with Crippen LogP contribution in [0.4, 0.5) is 13.2 Å². The molecule has 0 spiro atoms. The molecule has 2 atom stereocenters. The van der Waals surface area contributed by atoms with E-state index in [1.807, 2.05) is 0 Å². The van der Waals surface area contributed by atoms with Gasteiger partial charge in [0.25, 0.3) is 0 Å². The van der Waals surface area contributed by atoms with Gasteiger partial charge < -0.3 is 10.2 Å². The van der Waals surface area contributed by atoms with Crippen LogP contribution in [0.5, 0.6) is 0 Å². The number of nitrogens with zero attached hydrogens (tertiary/aromatic N) is 1. The van der Waals surface area contributed by atoms with Crippen LogP contribution in [0.2, 0.25) is 0 Å². The van der Waals surface area contributed by atoms with Gasteiger partial charge in [0.2, 0.25) is 11.8 Å². The van der Waals surface area contributed by atoms with Crippen LogP contribution in [-0.2, 0) is 9.59 Å². The molecule has 108 valence electrons. The number of alkyl halides is 3. The Bertz CT molecular complexity index is 360. The predicted molar refractivity (Wildman–Crippen MR) is 61.1 cm³/mol. The molecule has 0 aliphatic carbocycles. The van der Waals surface area contributed by atoms with Crippen molar-refractivity contribution in [2.45, 2.75) is 31.9 Å². The monoisotopic (exact) mass is 278 g/mol. The van der Waals surface area contributed by atoms with Crippen LogP contribution in [0, 0.1) is 11.8 Å². The molecule has 0 aromatic carbocycles. The first-order chi connectivity index (χ1) is 8.88. The minimum atomic E-state index is -4.24. The molecule has 0 unspecified atom stereocenters. The number of carbonyl (C=O) groups excluding carboxylic acids is 2. The molecule has 1 N–H and O–H groups in total. The Kier molecular flexibility index (Phi) is 4.01. The number of rotatable bonds is 1. The molecule has 4 nitrogen and oxygen atoms in total. The van der Waals surface area contributed by atoms with Crippen LogP contribution in [0.1, 0.15) is 25.7 Å². The van der Waals surface area contributed by atoms with Crippen molar-refractivity contribution in [3.05, 3.63) is 0 Å². The van der Waals surface area contributed by atoms with E-state index in [0.717, 1.165) is 0 Å². The molecule has 0 aromatic rings. The third-order valence-electron chi connectivity index (χ3n) is 3.81. The first kappa shape index (κ1) is 14.1. The van der Waals surface area contributed by atoms with Crippen molar-refractivity contribution in [1.29, 1.82) is 0 Å². The van der Waals surface area contributed by atoms with E-state index in [4.69, 9.17) is 0 Å². The molecular formula is C12H17F3N2O2. The summed E-state index contributed by atoms with van der Waals surface area (Å²) in [6.07, 6.45) is -3.06. The Morgan fingerprint density at radius 1 is 1.32 bits per heavy atom. The maximum atomic E-state index is 12.7. The van der Waals surface area contributed by atoms with Crippen molar-refractivity contribution < 1.29 is 22.8 Å². The van der Waals surface area contributed by atoms with E-state index in [-0.39, 0.29) is 43.7 Å². The molecule has 0 bridgehead atoms. The van der Waals surface area contributed by atoms with Gasteiger partial charge in [-0.15, -0.1) is 0 Å². The van der Waals surface area contributed by atoms with E-state index in [2.05, 4.69) is 5.32 Å². The van der Waals surface area contributed by atoms with E-state index in [9.17, 15) is 22.8 Å². The quantitative estimate of drug-likeness (QED) is 0.786. The second-order valence-corrected chi connectivity index (χ2v) is 5.20. The molecule has 2 saturated heterocycles. The maximum absolute atomic E-state index is 12.7. The van der Waals surface area contributed by atoms with Crippen molar-refractivity contribution in [2.24, 2.45) is 11.8 Å². The number of carbonyl (C=O) groups is 2. The number of nitrogens with one attached hydrogen (secondary N) is 1. The fourth-order valence-corrected chi connectivity index (χ4v) is 2.65. The number of hydrogen-bond acceptors (Lipinski definition) is 2. The van der Waals surface area contributed by atoms with Crippen molar-refractivity contribution in [3.8, 4) is 0 Å². The summed E-state index contributed by atoms with van der Waals surface area (Å²) in [7, 11) is 0. The van der Waals surface area contributed by atoms with Crippen LogP contribution >= 0.6 is 0 Å². The molecule has 2 fully saturated rings. The zero-order valence-corrected chi connectivity index (χ0v) is 10.5. The highest BCUT2D eigenvalue weighted by Crippen LogP contribution is 2.33. The van der Waals surface area contributed by atoms with Gasteiger partial charge in [-0.3, -0.25) is 9.59 Å². The molecule has 0 aromatic heterocycles. The summed E-state index contributed by atoms with van der Waals surface area (Å²) in [6, 6.07) is 0. The number of hydrogen-bond donors (Lipinski definition) is 1. The fourth-order valence-electron chi connectivity index (χ4n) is 2.65. The van der Waals surface area contributed by atoms with Crippen LogP contribution in [0.25, 0.3) is 0 Å².